The zero-order chi connectivity index (χ0) is 25.1. The van der Waals surface area contributed by atoms with Crippen LogP contribution in [0.3, 0.4) is 0 Å². The number of hydrogen-bond acceptors (Lipinski definition) is 7. The minimum Gasteiger partial charge on any atom is -0.380 e. The van der Waals surface area contributed by atoms with Crippen LogP contribution in [0.2, 0.25) is 0 Å². The molecule has 0 bridgehead atoms. The first-order chi connectivity index (χ1) is 17.6. The Kier molecular flexibility index (Phi) is 6.92. The average Bonchev–Trinajstić information content (AvgIpc) is 3.56. The molecule has 0 spiro atoms. The summed E-state index contributed by atoms with van der Waals surface area (Å²) in [6.07, 6.45) is 11.0. The van der Waals surface area contributed by atoms with Crippen molar-refractivity contribution in [3.63, 3.8) is 0 Å². The van der Waals surface area contributed by atoms with Gasteiger partial charge in [-0.15, -0.1) is 11.3 Å². The fourth-order valence-electron chi connectivity index (χ4n) is 4.59. The molecule has 4 aromatic rings. The minimum atomic E-state index is -0.374. The normalized spacial score (nSPS) is 13.8. The molecule has 4 aromatic heterocycles. The SMILES string of the molecule is C=Cc1sc2c(C(=O)NCCN3CCCC3)c(=O)c3cc(NCc4ccncc4)cnc3n2c1C=C. The Labute approximate surface area is 213 Å². The van der Waals surface area contributed by atoms with Crippen molar-refractivity contribution in [2.24, 2.45) is 0 Å². The highest BCUT2D eigenvalue weighted by molar-refractivity contribution is 7.19. The largest absolute Gasteiger partial charge is 0.380 e. The average molecular weight is 501 g/mol. The number of thiazole rings is 1. The van der Waals surface area contributed by atoms with Crippen LogP contribution >= 0.6 is 11.3 Å². The van der Waals surface area contributed by atoms with Crippen molar-refractivity contribution in [2.75, 3.05) is 31.5 Å². The van der Waals surface area contributed by atoms with Crippen molar-refractivity contribution in [3.8, 4) is 0 Å². The molecule has 0 radical (unpaired) electrons. The number of hydrogen-bond donors (Lipinski definition) is 2. The molecule has 5 heterocycles. The molecule has 8 nitrogen and oxygen atoms in total. The number of likely N-dealkylation sites (tertiary alicyclic amines) is 1. The van der Waals surface area contributed by atoms with E-state index >= 15 is 0 Å². The van der Waals surface area contributed by atoms with E-state index in [0.29, 0.717) is 34.6 Å². The Balaban J connectivity index is 1.56. The van der Waals surface area contributed by atoms with Gasteiger partial charge in [0, 0.05) is 32.0 Å². The lowest BCUT2D eigenvalue weighted by Crippen LogP contribution is -2.35. The molecule has 1 saturated heterocycles. The second-order valence-electron chi connectivity index (χ2n) is 8.71. The van der Waals surface area contributed by atoms with Crippen LogP contribution in [-0.4, -0.2) is 51.4 Å². The standard InChI is InChI=1S/C27H28N6O2S/c1-3-21-22(4-2)36-27-23(26(35)29-11-14-32-12-5-6-13-32)24(34)20-15-19(17-31-25(20)33(21)27)30-16-18-7-9-28-10-8-18/h3-4,7-10,15,17,30H,1-2,5-6,11-14,16H2,(H,29,35). The van der Waals surface area contributed by atoms with Crippen molar-refractivity contribution in [3.05, 3.63) is 81.9 Å². The van der Waals surface area contributed by atoms with Gasteiger partial charge in [-0.1, -0.05) is 13.2 Å². The van der Waals surface area contributed by atoms with E-state index in [-0.39, 0.29) is 16.9 Å². The molecular weight excluding hydrogens is 472 g/mol. The van der Waals surface area contributed by atoms with Crippen molar-refractivity contribution >= 4 is 50.9 Å². The van der Waals surface area contributed by atoms with E-state index in [9.17, 15) is 9.59 Å². The summed E-state index contributed by atoms with van der Waals surface area (Å²) in [5.74, 6) is -0.374. The summed E-state index contributed by atoms with van der Waals surface area (Å²) in [4.78, 5) is 39.4. The maximum absolute atomic E-state index is 13.7. The molecule has 9 heteroatoms. The molecule has 0 atom stereocenters. The van der Waals surface area contributed by atoms with Gasteiger partial charge in [0.25, 0.3) is 5.91 Å². The summed E-state index contributed by atoms with van der Waals surface area (Å²) in [5, 5.41) is 6.65. The molecule has 0 aliphatic carbocycles. The molecule has 184 valence electrons. The van der Waals surface area contributed by atoms with Crippen LogP contribution in [-0.2, 0) is 6.54 Å². The number of nitrogens with one attached hydrogen (secondary N) is 2. The van der Waals surface area contributed by atoms with E-state index in [1.54, 1.807) is 36.8 Å². The van der Waals surface area contributed by atoms with Gasteiger partial charge < -0.3 is 15.5 Å². The van der Waals surface area contributed by atoms with E-state index in [4.69, 9.17) is 0 Å². The van der Waals surface area contributed by atoms with Gasteiger partial charge in [0.2, 0.25) is 5.43 Å². The molecular formula is C27H28N6O2S. The summed E-state index contributed by atoms with van der Waals surface area (Å²) >= 11 is 1.34. The van der Waals surface area contributed by atoms with Crippen molar-refractivity contribution in [1.29, 1.82) is 0 Å². The fraction of sp³-hybridized carbons (Fsp3) is 0.259. The maximum atomic E-state index is 13.7. The molecule has 2 N–H and O–H groups in total. The molecule has 36 heavy (non-hydrogen) atoms. The molecule has 5 rings (SSSR count). The Bertz CT molecular complexity index is 1500. The summed E-state index contributed by atoms with van der Waals surface area (Å²) in [5.41, 5.74) is 2.77. The maximum Gasteiger partial charge on any atom is 0.258 e. The molecule has 0 unspecified atom stereocenters. The number of amides is 1. The number of rotatable bonds is 9. The lowest BCUT2D eigenvalue weighted by atomic mass is 10.1. The zero-order valence-corrected chi connectivity index (χ0v) is 20.8. The topological polar surface area (TPSA) is 91.6 Å². The highest BCUT2D eigenvalue weighted by Gasteiger charge is 2.24. The van der Waals surface area contributed by atoms with Gasteiger partial charge in [-0.25, -0.2) is 4.98 Å². The van der Waals surface area contributed by atoms with Crippen LogP contribution in [0.1, 0.15) is 39.3 Å². The van der Waals surface area contributed by atoms with Gasteiger partial charge in [0.1, 0.15) is 16.0 Å². The zero-order valence-electron chi connectivity index (χ0n) is 20.0. The van der Waals surface area contributed by atoms with Crippen LogP contribution in [0.4, 0.5) is 5.69 Å². The molecule has 0 aromatic carbocycles. The number of pyridine rings is 3. The second kappa shape index (κ2) is 10.4. The third kappa shape index (κ3) is 4.55. The first kappa shape index (κ1) is 23.9. The van der Waals surface area contributed by atoms with Crippen LogP contribution in [0, 0.1) is 0 Å². The van der Waals surface area contributed by atoms with Crippen molar-refractivity contribution in [2.45, 2.75) is 19.4 Å². The number of carbonyl (C=O) groups excluding carboxylic acids is 1. The monoisotopic (exact) mass is 500 g/mol. The Hall–Kier alpha value is -3.82. The van der Waals surface area contributed by atoms with Gasteiger partial charge in [-0.2, -0.15) is 0 Å². The molecule has 1 amide bonds. The molecule has 0 saturated carbocycles. The summed E-state index contributed by atoms with van der Waals surface area (Å²) < 4.78 is 1.84. The lowest BCUT2D eigenvalue weighted by molar-refractivity contribution is 0.0950. The van der Waals surface area contributed by atoms with Gasteiger partial charge in [0.15, 0.2) is 0 Å². The van der Waals surface area contributed by atoms with Gasteiger partial charge in [-0.3, -0.25) is 19.0 Å². The van der Waals surface area contributed by atoms with E-state index < -0.39 is 0 Å². The third-order valence-corrected chi connectivity index (χ3v) is 7.61. The van der Waals surface area contributed by atoms with Crippen LogP contribution in [0.15, 0.2) is 54.7 Å². The molecule has 1 aliphatic rings. The van der Waals surface area contributed by atoms with Crippen LogP contribution in [0.5, 0.6) is 0 Å². The molecule has 1 aliphatic heterocycles. The quantitative estimate of drug-likeness (QED) is 0.361. The van der Waals surface area contributed by atoms with E-state index in [2.05, 4.69) is 38.7 Å². The first-order valence-electron chi connectivity index (χ1n) is 12.0. The van der Waals surface area contributed by atoms with Gasteiger partial charge in [-0.05, 0) is 61.8 Å². The number of nitrogens with zero attached hydrogens (tertiary/aromatic N) is 4. The first-order valence-corrected chi connectivity index (χ1v) is 12.8. The Morgan fingerprint density at radius 3 is 2.67 bits per heavy atom. The number of anilines is 1. The van der Waals surface area contributed by atoms with E-state index in [0.717, 1.165) is 35.8 Å². The van der Waals surface area contributed by atoms with Gasteiger partial charge in [0.05, 0.1) is 27.8 Å². The summed E-state index contributed by atoms with van der Waals surface area (Å²) in [7, 11) is 0. The lowest BCUT2D eigenvalue weighted by Gasteiger charge is -2.15. The predicted octanol–water partition coefficient (Wildman–Crippen LogP) is 4.03. The highest BCUT2D eigenvalue weighted by Crippen LogP contribution is 2.30. The van der Waals surface area contributed by atoms with E-state index in [1.165, 1.54) is 24.2 Å². The summed E-state index contributed by atoms with van der Waals surface area (Å²) in [6.45, 7) is 11.8. The minimum absolute atomic E-state index is 0.123. The Morgan fingerprint density at radius 1 is 1.17 bits per heavy atom. The van der Waals surface area contributed by atoms with Crippen molar-refractivity contribution < 1.29 is 4.79 Å². The van der Waals surface area contributed by atoms with Crippen LogP contribution in [0.25, 0.3) is 28.0 Å². The molecule has 1 fully saturated rings. The summed E-state index contributed by atoms with van der Waals surface area (Å²) in [6, 6.07) is 5.60. The van der Waals surface area contributed by atoms with Crippen molar-refractivity contribution in [1.82, 2.24) is 24.6 Å². The predicted molar refractivity (Wildman–Crippen MR) is 147 cm³/mol. The van der Waals surface area contributed by atoms with Crippen LogP contribution < -0.4 is 16.1 Å². The fourth-order valence-corrected chi connectivity index (χ4v) is 5.73. The Morgan fingerprint density at radius 2 is 1.94 bits per heavy atom. The number of carbonyl (C=O) groups is 1. The smallest absolute Gasteiger partial charge is 0.258 e. The van der Waals surface area contributed by atoms with E-state index in [1.807, 2.05) is 16.5 Å². The number of fused-ring (bicyclic) bond motifs is 3. The van der Waals surface area contributed by atoms with Gasteiger partial charge >= 0.3 is 0 Å². The highest BCUT2D eigenvalue weighted by atomic mass is 32.1. The number of aromatic nitrogens is 3. The second-order valence-corrected chi connectivity index (χ2v) is 9.74. The third-order valence-electron chi connectivity index (χ3n) is 6.43.